The lowest BCUT2D eigenvalue weighted by atomic mass is 9.94. The topological polar surface area (TPSA) is 74.7 Å². The molecular formula is C8H15NO4S. The second-order valence-electron chi connectivity index (χ2n) is 3.56. The fourth-order valence-corrected chi connectivity index (χ4v) is 2.72. The number of carboxylic acids is 1. The molecule has 1 rings (SSSR count). The monoisotopic (exact) mass is 221 g/mol. The number of nitrogens with zero attached hydrogens (tertiary/aromatic N) is 1. The summed E-state index contributed by atoms with van der Waals surface area (Å²) in [4.78, 5) is 10.2. The smallest absolute Gasteiger partial charge is 0.304 e. The Morgan fingerprint density at radius 2 is 2.07 bits per heavy atom. The van der Waals surface area contributed by atoms with E-state index < -0.39 is 16.0 Å². The van der Waals surface area contributed by atoms with Crippen LogP contribution in [-0.4, -0.2) is 42.6 Å². The SMILES string of the molecule is CN(C1CCC1)S(=O)(=O)CCC(=O)O. The van der Waals surface area contributed by atoms with Crippen LogP contribution in [-0.2, 0) is 14.8 Å². The predicted molar refractivity (Wildman–Crippen MR) is 51.4 cm³/mol. The van der Waals surface area contributed by atoms with Gasteiger partial charge in [0.2, 0.25) is 10.0 Å². The minimum Gasteiger partial charge on any atom is -0.481 e. The first kappa shape index (κ1) is 11.5. The zero-order valence-corrected chi connectivity index (χ0v) is 8.96. The lowest BCUT2D eigenvalue weighted by molar-refractivity contribution is -0.136. The summed E-state index contributed by atoms with van der Waals surface area (Å²) in [5.41, 5.74) is 0. The van der Waals surface area contributed by atoms with Gasteiger partial charge in [-0.2, -0.15) is 0 Å². The van der Waals surface area contributed by atoms with E-state index in [1.807, 2.05) is 0 Å². The molecule has 0 unspecified atom stereocenters. The molecule has 0 atom stereocenters. The van der Waals surface area contributed by atoms with Crippen LogP contribution in [0, 0.1) is 0 Å². The molecular weight excluding hydrogens is 206 g/mol. The summed E-state index contributed by atoms with van der Waals surface area (Å²) in [5, 5.41) is 8.39. The predicted octanol–water partition coefficient (Wildman–Crippen LogP) is 0.275. The second kappa shape index (κ2) is 4.27. The molecule has 0 aromatic rings. The zero-order valence-electron chi connectivity index (χ0n) is 8.14. The Bertz CT molecular complexity index is 307. The molecule has 0 bridgehead atoms. The van der Waals surface area contributed by atoms with Crippen LogP contribution < -0.4 is 0 Å². The molecule has 1 aliphatic rings. The molecule has 1 aliphatic carbocycles. The highest BCUT2D eigenvalue weighted by Crippen LogP contribution is 2.25. The molecule has 1 fully saturated rings. The van der Waals surface area contributed by atoms with Crippen molar-refractivity contribution in [3.8, 4) is 0 Å². The Morgan fingerprint density at radius 1 is 1.50 bits per heavy atom. The molecule has 0 saturated heterocycles. The molecule has 0 aromatic heterocycles. The number of sulfonamides is 1. The van der Waals surface area contributed by atoms with Gasteiger partial charge in [-0.3, -0.25) is 4.79 Å². The van der Waals surface area contributed by atoms with Gasteiger partial charge >= 0.3 is 5.97 Å². The van der Waals surface area contributed by atoms with Crippen LogP contribution in [0.1, 0.15) is 25.7 Å². The first-order chi connectivity index (χ1) is 6.43. The van der Waals surface area contributed by atoms with Gasteiger partial charge in [0.25, 0.3) is 0 Å². The van der Waals surface area contributed by atoms with E-state index in [1.54, 1.807) is 0 Å². The third kappa shape index (κ3) is 2.68. The summed E-state index contributed by atoms with van der Waals surface area (Å²) < 4.78 is 24.4. The van der Waals surface area contributed by atoms with E-state index in [0.717, 1.165) is 19.3 Å². The van der Waals surface area contributed by atoms with Crippen molar-refractivity contribution in [2.24, 2.45) is 0 Å². The maximum Gasteiger partial charge on any atom is 0.304 e. The third-order valence-electron chi connectivity index (χ3n) is 2.60. The minimum absolute atomic E-state index is 0.0915. The Balaban J connectivity index is 2.50. The van der Waals surface area contributed by atoms with Crippen molar-refractivity contribution in [3.63, 3.8) is 0 Å². The number of carbonyl (C=O) groups is 1. The molecule has 1 saturated carbocycles. The summed E-state index contributed by atoms with van der Waals surface area (Å²) in [5.74, 6) is -1.37. The van der Waals surface area contributed by atoms with Crippen molar-refractivity contribution >= 4 is 16.0 Å². The van der Waals surface area contributed by atoms with Gasteiger partial charge in [0.15, 0.2) is 0 Å². The van der Waals surface area contributed by atoms with Gasteiger partial charge in [0, 0.05) is 13.1 Å². The van der Waals surface area contributed by atoms with Gasteiger partial charge in [0.05, 0.1) is 12.2 Å². The molecule has 82 valence electrons. The van der Waals surface area contributed by atoms with Crippen LogP contribution in [0.25, 0.3) is 0 Å². The summed E-state index contributed by atoms with van der Waals surface area (Å²) >= 11 is 0. The molecule has 0 aromatic carbocycles. The third-order valence-corrected chi connectivity index (χ3v) is 4.50. The number of hydrogen-bond acceptors (Lipinski definition) is 3. The molecule has 6 heteroatoms. The minimum atomic E-state index is -3.36. The molecule has 5 nitrogen and oxygen atoms in total. The summed E-state index contributed by atoms with van der Waals surface area (Å²) in [6.07, 6.45) is 2.52. The maximum absolute atomic E-state index is 11.5. The van der Waals surface area contributed by atoms with Gasteiger partial charge in [-0.25, -0.2) is 12.7 Å². The first-order valence-electron chi connectivity index (χ1n) is 4.61. The van der Waals surface area contributed by atoms with Crippen LogP contribution in [0.5, 0.6) is 0 Å². The molecule has 0 amide bonds. The zero-order chi connectivity index (χ0) is 10.8. The van der Waals surface area contributed by atoms with E-state index >= 15 is 0 Å². The number of hydrogen-bond donors (Lipinski definition) is 1. The van der Waals surface area contributed by atoms with Crippen LogP contribution in [0.3, 0.4) is 0 Å². The molecule has 0 radical (unpaired) electrons. The lowest BCUT2D eigenvalue weighted by Gasteiger charge is -2.33. The highest BCUT2D eigenvalue weighted by molar-refractivity contribution is 7.89. The molecule has 14 heavy (non-hydrogen) atoms. The number of carboxylic acid groups (broad SMARTS) is 1. The van der Waals surface area contributed by atoms with Crippen molar-refractivity contribution in [1.82, 2.24) is 4.31 Å². The van der Waals surface area contributed by atoms with E-state index in [0.29, 0.717) is 0 Å². The Kier molecular flexibility index (Phi) is 3.49. The van der Waals surface area contributed by atoms with Crippen molar-refractivity contribution < 1.29 is 18.3 Å². The molecule has 0 aliphatic heterocycles. The largest absolute Gasteiger partial charge is 0.481 e. The van der Waals surface area contributed by atoms with E-state index in [2.05, 4.69) is 0 Å². The standard InChI is InChI=1S/C8H15NO4S/c1-9(7-3-2-4-7)14(12,13)6-5-8(10)11/h7H,2-6H2,1H3,(H,10,11). The maximum atomic E-state index is 11.5. The van der Waals surface area contributed by atoms with Crippen LogP contribution in [0.2, 0.25) is 0 Å². The molecule has 1 N–H and O–H groups in total. The highest BCUT2D eigenvalue weighted by atomic mass is 32.2. The van der Waals surface area contributed by atoms with Gasteiger partial charge in [-0.15, -0.1) is 0 Å². The van der Waals surface area contributed by atoms with Gasteiger partial charge in [-0.05, 0) is 12.8 Å². The van der Waals surface area contributed by atoms with Crippen molar-refractivity contribution in [3.05, 3.63) is 0 Å². The van der Waals surface area contributed by atoms with Crippen LogP contribution in [0.15, 0.2) is 0 Å². The average molecular weight is 221 g/mol. The van der Waals surface area contributed by atoms with Gasteiger partial charge in [-0.1, -0.05) is 6.42 Å². The summed E-state index contributed by atoms with van der Waals surface area (Å²) in [6, 6.07) is 0.0915. The first-order valence-corrected chi connectivity index (χ1v) is 6.22. The average Bonchev–Trinajstić information content (AvgIpc) is 1.98. The summed E-state index contributed by atoms with van der Waals surface area (Å²) in [7, 11) is -1.83. The second-order valence-corrected chi connectivity index (χ2v) is 5.71. The Hall–Kier alpha value is -0.620. The number of rotatable bonds is 5. The van der Waals surface area contributed by atoms with Crippen molar-refractivity contribution in [2.75, 3.05) is 12.8 Å². The quantitative estimate of drug-likeness (QED) is 0.723. The fourth-order valence-electron chi connectivity index (χ4n) is 1.34. The lowest BCUT2D eigenvalue weighted by Crippen LogP contribution is -2.42. The summed E-state index contributed by atoms with van der Waals surface area (Å²) in [6.45, 7) is 0. The van der Waals surface area contributed by atoms with E-state index in [9.17, 15) is 13.2 Å². The van der Waals surface area contributed by atoms with Crippen molar-refractivity contribution in [2.45, 2.75) is 31.7 Å². The van der Waals surface area contributed by atoms with E-state index in [1.165, 1.54) is 11.4 Å². The Morgan fingerprint density at radius 3 is 2.43 bits per heavy atom. The number of aliphatic carboxylic acids is 1. The van der Waals surface area contributed by atoms with E-state index in [-0.39, 0.29) is 18.2 Å². The van der Waals surface area contributed by atoms with Gasteiger partial charge < -0.3 is 5.11 Å². The fraction of sp³-hybridized carbons (Fsp3) is 0.875. The van der Waals surface area contributed by atoms with Crippen LogP contribution >= 0.6 is 0 Å². The van der Waals surface area contributed by atoms with Crippen LogP contribution in [0.4, 0.5) is 0 Å². The normalized spacial score (nSPS) is 18.1. The van der Waals surface area contributed by atoms with E-state index in [4.69, 9.17) is 5.11 Å². The molecule has 0 heterocycles. The molecule has 0 spiro atoms. The Labute approximate surface area is 83.8 Å². The van der Waals surface area contributed by atoms with Crippen molar-refractivity contribution in [1.29, 1.82) is 0 Å². The highest BCUT2D eigenvalue weighted by Gasteiger charge is 2.30. The van der Waals surface area contributed by atoms with Gasteiger partial charge in [0.1, 0.15) is 0 Å².